The number of amides is 1. The Morgan fingerprint density at radius 3 is 2.50 bits per heavy atom. The van der Waals surface area contributed by atoms with Crippen LogP contribution in [0.5, 0.6) is 0 Å². The quantitative estimate of drug-likeness (QED) is 0.803. The van der Waals surface area contributed by atoms with Crippen molar-refractivity contribution in [2.24, 2.45) is 23.2 Å². The van der Waals surface area contributed by atoms with Crippen LogP contribution >= 0.6 is 0 Å². The molecule has 1 amide bonds. The zero-order valence-electron chi connectivity index (χ0n) is 12.6. The number of methoxy groups -OCH3 is 1. The Balaban J connectivity index is 1.51. The highest BCUT2D eigenvalue weighted by atomic mass is 16.5. The van der Waals surface area contributed by atoms with Crippen LogP contribution in [0.3, 0.4) is 0 Å². The Kier molecular flexibility index (Phi) is 4.32. The van der Waals surface area contributed by atoms with Gasteiger partial charge in [0.2, 0.25) is 5.91 Å². The minimum absolute atomic E-state index is 0.149. The van der Waals surface area contributed by atoms with Crippen LogP contribution in [0, 0.1) is 23.2 Å². The molecule has 1 heterocycles. The molecule has 20 heavy (non-hydrogen) atoms. The molecule has 4 heteroatoms. The number of hydrogen-bond donors (Lipinski definition) is 2. The van der Waals surface area contributed by atoms with Gasteiger partial charge in [-0.3, -0.25) is 4.79 Å². The molecule has 2 atom stereocenters. The Morgan fingerprint density at radius 2 is 1.90 bits per heavy atom. The fraction of sp³-hybridized carbons (Fsp3) is 0.938. The second-order valence-corrected chi connectivity index (χ2v) is 7.04. The van der Waals surface area contributed by atoms with Crippen molar-refractivity contribution in [1.82, 2.24) is 10.6 Å². The van der Waals surface area contributed by atoms with Gasteiger partial charge in [-0.05, 0) is 50.6 Å². The van der Waals surface area contributed by atoms with E-state index in [1.165, 1.54) is 25.7 Å². The Bertz CT molecular complexity index is 335. The first-order chi connectivity index (χ1) is 9.76. The number of nitrogens with one attached hydrogen (secondary N) is 2. The van der Waals surface area contributed by atoms with Gasteiger partial charge in [-0.1, -0.05) is 12.8 Å². The van der Waals surface area contributed by atoms with Crippen LogP contribution < -0.4 is 10.6 Å². The van der Waals surface area contributed by atoms with Gasteiger partial charge >= 0.3 is 0 Å². The van der Waals surface area contributed by atoms with Crippen molar-refractivity contribution in [2.45, 2.75) is 38.5 Å². The van der Waals surface area contributed by atoms with Crippen molar-refractivity contribution in [3.63, 3.8) is 0 Å². The van der Waals surface area contributed by atoms with Crippen LogP contribution in [0.1, 0.15) is 38.5 Å². The summed E-state index contributed by atoms with van der Waals surface area (Å²) in [7, 11) is 1.76. The third kappa shape index (κ3) is 2.86. The SMILES string of the molecule is COCC1(CNC(=O)C2C3CCCCC32)CCNCC1. The molecule has 114 valence electrons. The molecule has 2 saturated carbocycles. The maximum Gasteiger partial charge on any atom is 0.223 e. The van der Waals surface area contributed by atoms with E-state index in [9.17, 15) is 4.79 Å². The number of rotatable bonds is 5. The van der Waals surface area contributed by atoms with E-state index in [1.807, 2.05) is 0 Å². The maximum atomic E-state index is 12.4. The molecule has 0 bridgehead atoms. The molecule has 0 aromatic heterocycles. The minimum Gasteiger partial charge on any atom is -0.384 e. The van der Waals surface area contributed by atoms with Gasteiger partial charge in [0.1, 0.15) is 0 Å². The molecular formula is C16H28N2O2. The van der Waals surface area contributed by atoms with Gasteiger partial charge in [0, 0.05) is 25.0 Å². The summed E-state index contributed by atoms with van der Waals surface area (Å²) >= 11 is 0. The average Bonchev–Trinajstić information content (AvgIpc) is 3.21. The van der Waals surface area contributed by atoms with E-state index >= 15 is 0 Å². The second kappa shape index (κ2) is 6.02. The highest BCUT2D eigenvalue weighted by Crippen LogP contribution is 2.55. The molecular weight excluding hydrogens is 252 g/mol. The maximum absolute atomic E-state index is 12.4. The van der Waals surface area contributed by atoms with E-state index in [0.717, 1.165) is 39.1 Å². The Morgan fingerprint density at radius 1 is 1.25 bits per heavy atom. The van der Waals surface area contributed by atoms with Crippen molar-refractivity contribution < 1.29 is 9.53 Å². The van der Waals surface area contributed by atoms with E-state index in [0.29, 0.717) is 23.7 Å². The molecule has 0 spiro atoms. The molecule has 1 saturated heterocycles. The number of carbonyl (C=O) groups is 1. The van der Waals surface area contributed by atoms with E-state index in [1.54, 1.807) is 7.11 Å². The summed E-state index contributed by atoms with van der Waals surface area (Å²) in [5.41, 5.74) is 0.149. The first-order valence-corrected chi connectivity index (χ1v) is 8.23. The molecule has 1 aliphatic heterocycles. The molecule has 0 radical (unpaired) electrons. The Hall–Kier alpha value is -0.610. The van der Waals surface area contributed by atoms with Crippen LogP contribution in [0.4, 0.5) is 0 Å². The minimum atomic E-state index is 0.149. The van der Waals surface area contributed by atoms with Crippen LogP contribution in [0.2, 0.25) is 0 Å². The standard InChI is InChI=1S/C16H28N2O2/c1-20-11-16(6-8-17-9-7-16)10-18-15(19)14-12-4-2-3-5-13(12)14/h12-14,17H,2-11H2,1H3,(H,18,19). The van der Waals surface area contributed by atoms with E-state index in [-0.39, 0.29) is 5.41 Å². The third-order valence-electron chi connectivity index (χ3n) is 5.71. The fourth-order valence-electron chi connectivity index (χ4n) is 4.41. The fourth-order valence-corrected chi connectivity index (χ4v) is 4.41. The molecule has 2 aliphatic carbocycles. The van der Waals surface area contributed by atoms with Crippen LogP contribution in [0.15, 0.2) is 0 Å². The smallest absolute Gasteiger partial charge is 0.223 e. The highest BCUT2D eigenvalue weighted by molar-refractivity contribution is 5.82. The summed E-state index contributed by atoms with van der Waals surface area (Å²) in [4.78, 5) is 12.4. The zero-order valence-corrected chi connectivity index (χ0v) is 12.6. The molecule has 2 unspecified atom stereocenters. The van der Waals surface area contributed by atoms with E-state index < -0.39 is 0 Å². The van der Waals surface area contributed by atoms with Crippen molar-refractivity contribution in [2.75, 3.05) is 33.4 Å². The number of hydrogen-bond acceptors (Lipinski definition) is 3. The topological polar surface area (TPSA) is 50.4 Å². The summed E-state index contributed by atoms with van der Waals surface area (Å²) in [6, 6.07) is 0. The van der Waals surface area contributed by atoms with E-state index in [4.69, 9.17) is 4.74 Å². The monoisotopic (exact) mass is 280 g/mol. The van der Waals surface area contributed by atoms with Gasteiger partial charge in [-0.15, -0.1) is 0 Å². The lowest BCUT2D eigenvalue weighted by atomic mass is 9.79. The van der Waals surface area contributed by atoms with Crippen molar-refractivity contribution in [3.05, 3.63) is 0 Å². The summed E-state index contributed by atoms with van der Waals surface area (Å²) in [5, 5.41) is 6.64. The van der Waals surface area contributed by atoms with Gasteiger partial charge in [0.15, 0.2) is 0 Å². The molecule has 0 aromatic rings. The molecule has 3 aliphatic rings. The molecule has 4 nitrogen and oxygen atoms in total. The van der Waals surface area contributed by atoms with Gasteiger partial charge in [-0.25, -0.2) is 0 Å². The van der Waals surface area contributed by atoms with Crippen LogP contribution in [-0.4, -0.2) is 39.3 Å². The summed E-state index contributed by atoms with van der Waals surface area (Å²) < 4.78 is 5.41. The molecule has 2 N–H and O–H groups in total. The lowest BCUT2D eigenvalue weighted by Crippen LogP contribution is -2.47. The Labute approximate surface area is 122 Å². The van der Waals surface area contributed by atoms with Gasteiger partial charge < -0.3 is 15.4 Å². The zero-order chi connectivity index (χ0) is 14.0. The predicted molar refractivity (Wildman–Crippen MR) is 78.4 cm³/mol. The number of carbonyl (C=O) groups excluding carboxylic acids is 1. The normalized spacial score (nSPS) is 35.1. The first kappa shape index (κ1) is 14.3. The summed E-state index contributed by atoms with van der Waals surface area (Å²) in [6.45, 7) is 3.62. The van der Waals surface area contributed by atoms with Gasteiger partial charge in [0.05, 0.1) is 6.61 Å². The number of ether oxygens (including phenoxy) is 1. The molecule has 3 fully saturated rings. The second-order valence-electron chi connectivity index (χ2n) is 7.04. The number of piperidine rings is 1. The summed E-state index contributed by atoms with van der Waals surface area (Å²) in [5.74, 6) is 2.06. The molecule has 0 aromatic carbocycles. The highest BCUT2D eigenvalue weighted by Gasteiger charge is 2.54. The first-order valence-electron chi connectivity index (χ1n) is 8.23. The van der Waals surface area contributed by atoms with Crippen molar-refractivity contribution >= 4 is 5.91 Å². The van der Waals surface area contributed by atoms with Gasteiger partial charge in [-0.2, -0.15) is 0 Å². The third-order valence-corrected chi connectivity index (χ3v) is 5.71. The van der Waals surface area contributed by atoms with Crippen molar-refractivity contribution in [1.29, 1.82) is 0 Å². The van der Waals surface area contributed by atoms with Crippen LogP contribution in [-0.2, 0) is 9.53 Å². The lowest BCUT2D eigenvalue weighted by molar-refractivity contribution is -0.123. The average molecular weight is 280 g/mol. The molecule has 3 rings (SSSR count). The van der Waals surface area contributed by atoms with Crippen LogP contribution in [0.25, 0.3) is 0 Å². The van der Waals surface area contributed by atoms with E-state index in [2.05, 4.69) is 10.6 Å². The largest absolute Gasteiger partial charge is 0.384 e. The lowest BCUT2D eigenvalue weighted by Gasteiger charge is -2.37. The summed E-state index contributed by atoms with van der Waals surface area (Å²) in [6.07, 6.45) is 7.39. The van der Waals surface area contributed by atoms with Gasteiger partial charge in [0.25, 0.3) is 0 Å². The predicted octanol–water partition coefficient (Wildman–Crippen LogP) is 1.55. The van der Waals surface area contributed by atoms with Crippen molar-refractivity contribution in [3.8, 4) is 0 Å². The number of fused-ring (bicyclic) bond motifs is 1.